The van der Waals surface area contributed by atoms with Gasteiger partial charge in [0, 0.05) is 38.2 Å². The van der Waals surface area contributed by atoms with Crippen LogP contribution in [0.25, 0.3) is 0 Å². The Morgan fingerprint density at radius 1 is 1.12 bits per heavy atom. The van der Waals surface area contributed by atoms with Gasteiger partial charge in [0.15, 0.2) is 21.5 Å². The van der Waals surface area contributed by atoms with Crippen LogP contribution in [0.4, 0.5) is 20.4 Å². The fourth-order valence-corrected chi connectivity index (χ4v) is 6.07. The molecule has 1 amide bonds. The van der Waals surface area contributed by atoms with Crippen LogP contribution in [-0.4, -0.2) is 60.6 Å². The van der Waals surface area contributed by atoms with Crippen LogP contribution in [0.15, 0.2) is 23.1 Å². The Morgan fingerprint density at radius 2 is 1.85 bits per heavy atom. The fraction of sp³-hybridized carbons (Fsp3) is 0.500. The van der Waals surface area contributed by atoms with Crippen molar-refractivity contribution in [1.82, 2.24) is 14.9 Å². The summed E-state index contributed by atoms with van der Waals surface area (Å²) in [6.07, 6.45) is 1.98. The minimum Gasteiger partial charge on any atom is -0.365 e. The first-order valence-corrected chi connectivity index (χ1v) is 12.5. The van der Waals surface area contributed by atoms with Crippen LogP contribution < -0.4 is 10.2 Å². The molecule has 11 heteroatoms. The minimum atomic E-state index is -3.93. The average Bonchev–Trinajstić information content (AvgIpc) is 2.77. The van der Waals surface area contributed by atoms with Crippen molar-refractivity contribution in [2.45, 2.75) is 55.8 Å². The average molecular weight is 480 g/mol. The molecule has 1 N–H and O–H groups in total. The summed E-state index contributed by atoms with van der Waals surface area (Å²) in [6, 6.07) is 2.66. The lowest BCUT2D eigenvalue weighted by atomic mass is 10.1. The number of anilines is 2. The lowest BCUT2D eigenvalue weighted by Gasteiger charge is -2.35. The summed E-state index contributed by atoms with van der Waals surface area (Å²) in [6.45, 7) is 5.75. The monoisotopic (exact) mass is 479 g/mol. The smallest absolute Gasteiger partial charge is 0.210 e. The number of aromatic nitrogens is 2. The number of carbonyl (C=O) groups excluding carboxylic acids is 1. The summed E-state index contributed by atoms with van der Waals surface area (Å²) < 4.78 is 53.3. The molecule has 1 aromatic heterocycles. The Labute approximate surface area is 191 Å². The zero-order valence-corrected chi connectivity index (χ0v) is 19.4. The molecule has 3 heterocycles. The quantitative estimate of drug-likeness (QED) is 0.503. The molecule has 1 fully saturated rings. The van der Waals surface area contributed by atoms with Crippen LogP contribution in [0.1, 0.15) is 38.1 Å². The molecular weight excluding hydrogens is 452 g/mol. The SMILES string of the molecule is CC(C)Nc1nc2c(nc1N1CCC(S(=O)(=O)c3ccc(F)cc3F)CC1)CN(C=O)CC2. The van der Waals surface area contributed by atoms with Gasteiger partial charge in [0.05, 0.1) is 23.2 Å². The first-order valence-electron chi connectivity index (χ1n) is 11.0. The predicted octanol–water partition coefficient (Wildman–Crippen LogP) is 2.53. The van der Waals surface area contributed by atoms with Crippen molar-refractivity contribution in [3.05, 3.63) is 41.2 Å². The zero-order chi connectivity index (χ0) is 23.8. The van der Waals surface area contributed by atoms with E-state index < -0.39 is 31.6 Å². The predicted molar refractivity (Wildman–Crippen MR) is 120 cm³/mol. The molecule has 0 atom stereocenters. The number of benzene rings is 1. The first-order chi connectivity index (χ1) is 15.7. The van der Waals surface area contributed by atoms with Gasteiger partial charge >= 0.3 is 0 Å². The number of hydrogen-bond donors (Lipinski definition) is 1. The number of rotatable bonds is 6. The highest BCUT2D eigenvalue weighted by molar-refractivity contribution is 7.92. The second-order valence-electron chi connectivity index (χ2n) is 8.72. The third kappa shape index (κ3) is 4.78. The van der Waals surface area contributed by atoms with Crippen LogP contribution in [0.3, 0.4) is 0 Å². The molecule has 1 aromatic carbocycles. The number of amides is 1. The van der Waals surface area contributed by atoms with Gasteiger partial charge in [-0.05, 0) is 38.8 Å². The van der Waals surface area contributed by atoms with Crippen LogP contribution in [0, 0.1) is 11.6 Å². The van der Waals surface area contributed by atoms with Crippen molar-refractivity contribution < 1.29 is 22.0 Å². The highest BCUT2D eigenvalue weighted by Crippen LogP contribution is 2.32. The molecule has 4 rings (SSSR count). The molecule has 2 aliphatic heterocycles. The van der Waals surface area contributed by atoms with Gasteiger partial charge in [0.2, 0.25) is 6.41 Å². The summed E-state index contributed by atoms with van der Waals surface area (Å²) in [5.74, 6) is -0.625. The summed E-state index contributed by atoms with van der Waals surface area (Å²) in [5, 5.41) is 2.55. The second kappa shape index (κ2) is 9.20. The summed E-state index contributed by atoms with van der Waals surface area (Å²) in [4.78, 5) is 23.9. The third-order valence-electron chi connectivity index (χ3n) is 5.98. The lowest BCUT2D eigenvalue weighted by molar-refractivity contribution is -0.119. The molecule has 0 bridgehead atoms. The van der Waals surface area contributed by atoms with E-state index in [-0.39, 0.29) is 18.9 Å². The van der Waals surface area contributed by atoms with Crippen molar-refractivity contribution in [3.63, 3.8) is 0 Å². The second-order valence-corrected chi connectivity index (χ2v) is 10.9. The van der Waals surface area contributed by atoms with E-state index in [0.717, 1.165) is 29.9 Å². The normalized spacial score (nSPS) is 17.2. The van der Waals surface area contributed by atoms with Crippen LogP contribution in [0.5, 0.6) is 0 Å². The van der Waals surface area contributed by atoms with E-state index in [2.05, 4.69) is 5.32 Å². The maximum atomic E-state index is 14.2. The molecular formula is C22H27F2N5O3S. The topological polar surface area (TPSA) is 95.5 Å². The largest absolute Gasteiger partial charge is 0.365 e. The Hall–Kier alpha value is -2.82. The molecule has 0 spiro atoms. The standard InChI is InChI=1S/C22H27F2N5O3S/c1-14(2)25-21-22(27-19-12-28(13-30)8-7-18(19)26-21)29-9-5-16(6-10-29)33(31,32)20-4-3-15(23)11-17(20)24/h3-4,11,13-14,16H,5-10,12H2,1-2H3,(H,25,26). The van der Waals surface area contributed by atoms with Gasteiger partial charge < -0.3 is 15.1 Å². The third-order valence-corrected chi connectivity index (χ3v) is 8.27. The lowest BCUT2D eigenvalue weighted by Crippen LogP contribution is -2.41. The molecule has 33 heavy (non-hydrogen) atoms. The Bertz CT molecular complexity index is 1150. The van der Waals surface area contributed by atoms with Crippen molar-refractivity contribution >= 4 is 27.9 Å². The van der Waals surface area contributed by atoms with Gasteiger partial charge in [-0.1, -0.05) is 0 Å². The maximum absolute atomic E-state index is 14.2. The molecule has 2 aliphatic rings. The van der Waals surface area contributed by atoms with Gasteiger partial charge in [0.25, 0.3) is 0 Å². The van der Waals surface area contributed by atoms with E-state index in [1.54, 1.807) is 4.90 Å². The molecule has 0 unspecified atom stereocenters. The molecule has 0 aliphatic carbocycles. The number of nitrogens with one attached hydrogen (secondary N) is 1. The molecule has 8 nitrogen and oxygen atoms in total. The van der Waals surface area contributed by atoms with Gasteiger partial charge in [-0.25, -0.2) is 27.2 Å². The molecule has 0 radical (unpaired) electrons. The number of halogens is 2. The number of piperidine rings is 1. The van der Waals surface area contributed by atoms with E-state index in [4.69, 9.17) is 9.97 Å². The Balaban J connectivity index is 1.57. The molecule has 2 aromatic rings. The summed E-state index contributed by atoms with van der Waals surface area (Å²) in [7, 11) is -3.93. The number of hydrogen-bond acceptors (Lipinski definition) is 7. The van der Waals surface area contributed by atoms with Gasteiger partial charge in [0.1, 0.15) is 16.5 Å². The van der Waals surface area contributed by atoms with Crippen molar-refractivity contribution in [3.8, 4) is 0 Å². The van der Waals surface area contributed by atoms with E-state index >= 15 is 0 Å². The molecule has 1 saturated heterocycles. The van der Waals surface area contributed by atoms with Crippen molar-refractivity contribution in [2.75, 3.05) is 29.9 Å². The first kappa shape index (κ1) is 23.3. The van der Waals surface area contributed by atoms with Gasteiger partial charge in [-0.15, -0.1) is 0 Å². The highest BCUT2D eigenvalue weighted by atomic mass is 32.2. The Kier molecular flexibility index (Phi) is 6.51. The number of carbonyl (C=O) groups is 1. The number of sulfone groups is 1. The van der Waals surface area contributed by atoms with Crippen LogP contribution in [-0.2, 0) is 27.6 Å². The molecule has 178 valence electrons. The van der Waals surface area contributed by atoms with E-state index in [0.29, 0.717) is 50.3 Å². The zero-order valence-electron chi connectivity index (χ0n) is 18.6. The van der Waals surface area contributed by atoms with Crippen molar-refractivity contribution in [2.24, 2.45) is 0 Å². The van der Waals surface area contributed by atoms with Crippen molar-refractivity contribution in [1.29, 1.82) is 0 Å². The van der Waals surface area contributed by atoms with Crippen LogP contribution in [0.2, 0.25) is 0 Å². The Morgan fingerprint density at radius 3 is 2.48 bits per heavy atom. The summed E-state index contributed by atoms with van der Waals surface area (Å²) >= 11 is 0. The maximum Gasteiger partial charge on any atom is 0.210 e. The minimum absolute atomic E-state index is 0.116. The van der Waals surface area contributed by atoms with Gasteiger partial charge in [-0.2, -0.15) is 0 Å². The number of fused-ring (bicyclic) bond motifs is 1. The van der Waals surface area contributed by atoms with E-state index in [9.17, 15) is 22.0 Å². The van der Waals surface area contributed by atoms with Gasteiger partial charge in [-0.3, -0.25) is 4.79 Å². The van der Waals surface area contributed by atoms with Crippen LogP contribution >= 0.6 is 0 Å². The number of nitrogens with zero attached hydrogens (tertiary/aromatic N) is 4. The summed E-state index contributed by atoms with van der Waals surface area (Å²) in [5.41, 5.74) is 1.59. The highest BCUT2D eigenvalue weighted by Gasteiger charge is 2.35. The van der Waals surface area contributed by atoms with E-state index in [1.165, 1.54) is 0 Å². The van der Waals surface area contributed by atoms with E-state index in [1.807, 2.05) is 18.7 Å². The molecule has 0 saturated carbocycles. The fourth-order valence-electron chi connectivity index (χ4n) is 4.29.